The monoisotopic (exact) mass is 223 g/mol. The van der Waals surface area contributed by atoms with Crippen molar-refractivity contribution in [2.75, 3.05) is 5.75 Å². The first-order valence-corrected chi connectivity index (χ1v) is 6.58. The lowest BCUT2D eigenvalue weighted by Crippen LogP contribution is -2.23. The van der Waals surface area contributed by atoms with E-state index >= 15 is 0 Å². The summed E-state index contributed by atoms with van der Waals surface area (Å²) >= 11 is 1.97. The topological polar surface area (TPSA) is 26.0 Å². The van der Waals surface area contributed by atoms with Crippen molar-refractivity contribution in [1.29, 1.82) is 0 Å². The van der Waals surface area contributed by atoms with Gasteiger partial charge in [0.15, 0.2) is 0 Å². The van der Waals surface area contributed by atoms with Gasteiger partial charge in [-0.05, 0) is 24.2 Å². The summed E-state index contributed by atoms with van der Waals surface area (Å²) in [6.45, 7) is 6.58. The van der Waals surface area contributed by atoms with E-state index in [0.29, 0.717) is 5.25 Å². The summed E-state index contributed by atoms with van der Waals surface area (Å²) < 4.78 is 0. The highest BCUT2D eigenvalue weighted by Gasteiger charge is 2.16. The maximum absolute atomic E-state index is 6.03. The maximum Gasteiger partial charge on any atom is 0.0445 e. The smallest absolute Gasteiger partial charge is 0.0445 e. The minimum Gasteiger partial charge on any atom is -0.327 e. The average Bonchev–Trinajstić information content (AvgIpc) is 2.18. The Labute approximate surface area is 97.4 Å². The number of hydrogen-bond acceptors (Lipinski definition) is 2. The zero-order chi connectivity index (χ0) is 11.3. The van der Waals surface area contributed by atoms with Gasteiger partial charge in [-0.1, -0.05) is 44.2 Å². The number of nitrogens with two attached hydrogens (primary N) is 1. The second kappa shape index (κ2) is 6.19. The van der Waals surface area contributed by atoms with Crippen LogP contribution in [0.25, 0.3) is 0 Å². The van der Waals surface area contributed by atoms with E-state index in [1.165, 1.54) is 11.3 Å². The Balaban J connectivity index is 2.66. The molecule has 2 unspecified atom stereocenters. The first-order chi connectivity index (χ1) is 7.11. The van der Waals surface area contributed by atoms with Crippen LogP contribution in [0.15, 0.2) is 30.3 Å². The Morgan fingerprint density at radius 3 is 2.20 bits per heavy atom. The second-order valence-electron chi connectivity index (χ2n) is 4.42. The van der Waals surface area contributed by atoms with E-state index in [4.69, 9.17) is 5.73 Å². The Hall–Kier alpha value is -0.470. The molecule has 0 aliphatic carbocycles. The van der Waals surface area contributed by atoms with Crippen molar-refractivity contribution in [1.82, 2.24) is 0 Å². The molecular weight excluding hydrogens is 202 g/mol. The van der Waals surface area contributed by atoms with Crippen LogP contribution in [0.4, 0.5) is 0 Å². The van der Waals surface area contributed by atoms with E-state index in [9.17, 15) is 0 Å². The minimum atomic E-state index is 0.205. The molecule has 0 amide bonds. The summed E-state index contributed by atoms with van der Waals surface area (Å²) in [7, 11) is 0. The Morgan fingerprint density at radius 1 is 1.13 bits per heavy atom. The predicted octanol–water partition coefficient (Wildman–Crippen LogP) is 3.46. The molecule has 0 aliphatic rings. The van der Waals surface area contributed by atoms with Crippen LogP contribution in [-0.2, 0) is 0 Å². The molecule has 84 valence electrons. The Kier molecular flexibility index (Phi) is 5.20. The van der Waals surface area contributed by atoms with Crippen molar-refractivity contribution in [3.8, 4) is 0 Å². The molecule has 15 heavy (non-hydrogen) atoms. The van der Waals surface area contributed by atoms with Gasteiger partial charge in [-0.2, -0.15) is 11.8 Å². The molecular formula is C13H21NS. The zero-order valence-electron chi connectivity index (χ0n) is 9.81. The van der Waals surface area contributed by atoms with E-state index < -0.39 is 0 Å². The third-order valence-corrected chi connectivity index (χ3v) is 4.13. The molecule has 1 nitrogen and oxygen atoms in total. The van der Waals surface area contributed by atoms with E-state index in [1.54, 1.807) is 0 Å². The fourth-order valence-electron chi connectivity index (χ4n) is 1.49. The van der Waals surface area contributed by atoms with Crippen molar-refractivity contribution in [3.63, 3.8) is 0 Å². The summed E-state index contributed by atoms with van der Waals surface area (Å²) in [6.07, 6.45) is 0. The molecule has 0 aromatic heterocycles. The van der Waals surface area contributed by atoms with Gasteiger partial charge in [0.25, 0.3) is 0 Å². The number of benzene rings is 1. The molecule has 0 heterocycles. The average molecular weight is 223 g/mol. The normalized spacial score (nSPS) is 15.3. The molecule has 1 aromatic carbocycles. The second-order valence-corrected chi connectivity index (χ2v) is 5.59. The summed E-state index contributed by atoms with van der Waals surface area (Å²) in [5.41, 5.74) is 7.38. The van der Waals surface area contributed by atoms with Crippen molar-refractivity contribution >= 4 is 11.8 Å². The summed E-state index contributed by atoms with van der Waals surface area (Å²) in [5, 5.41) is 0.425. The van der Waals surface area contributed by atoms with Gasteiger partial charge in [-0.25, -0.2) is 0 Å². The first kappa shape index (κ1) is 12.6. The molecule has 0 fully saturated rings. The van der Waals surface area contributed by atoms with Crippen LogP contribution in [0.2, 0.25) is 0 Å². The molecule has 0 saturated carbocycles. The Morgan fingerprint density at radius 2 is 1.73 bits per heavy atom. The quantitative estimate of drug-likeness (QED) is 0.827. The van der Waals surface area contributed by atoms with Crippen LogP contribution in [0.1, 0.15) is 31.6 Å². The highest BCUT2D eigenvalue weighted by Crippen LogP contribution is 2.32. The van der Waals surface area contributed by atoms with Crippen LogP contribution in [-0.4, -0.2) is 11.8 Å². The van der Waals surface area contributed by atoms with Gasteiger partial charge in [0.1, 0.15) is 0 Å². The lowest BCUT2D eigenvalue weighted by atomic mass is 10.1. The van der Waals surface area contributed by atoms with Gasteiger partial charge in [-0.3, -0.25) is 0 Å². The Bertz CT molecular complexity index is 269. The summed E-state index contributed by atoms with van der Waals surface area (Å²) in [4.78, 5) is 0. The number of thioether (sulfide) groups is 1. The van der Waals surface area contributed by atoms with Gasteiger partial charge in [-0.15, -0.1) is 0 Å². The molecule has 1 aromatic rings. The minimum absolute atomic E-state index is 0.205. The van der Waals surface area contributed by atoms with E-state index in [-0.39, 0.29) is 6.04 Å². The highest BCUT2D eigenvalue weighted by atomic mass is 32.2. The molecule has 0 saturated heterocycles. The summed E-state index contributed by atoms with van der Waals surface area (Å²) in [5.74, 6) is 1.89. The largest absolute Gasteiger partial charge is 0.327 e. The molecule has 2 heteroatoms. The van der Waals surface area contributed by atoms with Crippen LogP contribution in [0.5, 0.6) is 0 Å². The molecule has 0 radical (unpaired) electrons. The van der Waals surface area contributed by atoms with Crippen molar-refractivity contribution in [2.24, 2.45) is 11.7 Å². The lowest BCUT2D eigenvalue weighted by Gasteiger charge is -2.21. The summed E-state index contributed by atoms with van der Waals surface area (Å²) in [6, 6.07) is 10.8. The van der Waals surface area contributed by atoms with E-state index in [0.717, 1.165) is 5.92 Å². The maximum atomic E-state index is 6.03. The standard InChI is InChI=1S/C13H21NS/c1-10(2)9-15-13(11(3)14)12-7-5-4-6-8-12/h4-8,10-11,13H,9,14H2,1-3H3. The molecule has 0 bridgehead atoms. The van der Waals surface area contributed by atoms with Crippen LogP contribution >= 0.6 is 11.8 Å². The SMILES string of the molecule is CC(C)CSC(c1ccccc1)C(C)N. The van der Waals surface area contributed by atoms with Crippen LogP contribution in [0.3, 0.4) is 0 Å². The van der Waals surface area contributed by atoms with Crippen LogP contribution < -0.4 is 5.73 Å². The van der Waals surface area contributed by atoms with Gasteiger partial charge in [0.05, 0.1) is 0 Å². The highest BCUT2D eigenvalue weighted by molar-refractivity contribution is 7.99. The zero-order valence-corrected chi connectivity index (χ0v) is 10.6. The predicted molar refractivity (Wildman–Crippen MR) is 70.1 cm³/mol. The van der Waals surface area contributed by atoms with Crippen molar-refractivity contribution in [2.45, 2.75) is 32.1 Å². The lowest BCUT2D eigenvalue weighted by molar-refractivity contribution is 0.706. The third kappa shape index (κ3) is 4.27. The third-order valence-electron chi connectivity index (χ3n) is 2.21. The fourth-order valence-corrected chi connectivity index (χ4v) is 2.74. The van der Waals surface area contributed by atoms with Gasteiger partial charge >= 0.3 is 0 Å². The molecule has 2 atom stereocenters. The van der Waals surface area contributed by atoms with Crippen molar-refractivity contribution in [3.05, 3.63) is 35.9 Å². The van der Waals surface area contributed by atoms with Gasteiger partial charge in [0.2, 0.25) is 0 Å². The molecule has 0 spiro atoms. The van der Waals surface area contributed by atoms with Gasteiger partial charge in [0, 0.05) is 11.3 Å². The number of hydrogen-bond donors (Lipinski definition) is 1. The van der Waals surface area contributed by atoms with E-state index in [2.05, 4.69) is 51.1 Å². The molecule has 2 N–H and O–H groups in total. The molecule has 0 aliphatic heterocycles. The van der Waals surface area contributed by atoms with E-state index in [1.807, 2.05) is 11.8 Å². The van der Waals surface area contributed by atoms with Crippen LogP contribution in [0, 0.1) is 5.92 Å². The molecule has 1 rings (SSSR count). The number of rotatable bonds is 5. The first-order valence-electron chi connectivity index (χ1n) is 5.53. The van der Waals surface area contributed by atoms with Crippen molar-refractivity contribution < 1.29 is 0 Å². The van der Waals surface area contributed by atoms with Gasteiger partial charge < -0.3 is 5.73 Å². The fraction of sp³-hybridized carbons (Fsp3) is 0.538.